The summed E-state index contributed by atoms with van der Waals surface area (Å²) in [5, 5.41) is 4.48. The minimum absolute atomic E-state index is 0.801. The molecule has 0 bridgehead atoms. The Balaban J connectivity index is 1.24. The lowest BCUT2D eigenvalue weighted by molar-refractivity contribution is 0.411. The normalized spacial score (nSPS) is 14.3. The van der Waals surface area contributed by atoms with E-state index in [2.05, 4.69) is 55.2 Å². The summed E-state index contributed by atoms with van der Waals surface area (Å²) in [7, 11) is 1.67. The summed E-state index contributed by atoms with van der Waals surface area (Å²) in [6, 6.07) is 14.4. The van der Waals surface area contributed by atoms with Gasteiger partial charge in [-0.05, 0) is 23.3 Å². The van der Waals surface area contributed by atoms with E-state index in [1.54, 1.807) is 7.11 Å². The summed E-state index contributed by atoms with van der Waals surface area (Å²) in [4.78, 5) is 13.9. The Bertz CT molecular complexity index is 1120. The fraction of sp³-hybridized carbons (Fsp3) is 0.261. The van der Waals surface area contributed by atoms with Crippen molar-refractivity contribution in [2.24, 2.45) is 0 Å². The minimum Gasteiger partial charge on any atom is -0.495 e. The lowest BCUT2D eigenvalue weighted by Crippen LogP contribution is -2.47. The van der Waals surface area contributed by atoms with Gasteiger partial charge in [0.2, 0.25) is 5.95 Å². The van der Waals surface area contributed by atoms with Crippen LogP contribution in [0.25, 0.3) is 5.52 Å². The summed E-state index contributed by atoms with van der Waals surface area (Å²) >= 11 is 0. The lowest BCUT2D eigenvalue weighted by Gasteiger charge is -2.35. The Morgan fingerprint density at radius 1 is 0.833 bits per heavy atom. The lowest BCUT2D eigenvalue weighted by atomic mass is 10.1. The van der Waals surface area contributed by atoms with Gasteiger partial charge in [-0.15, -0.1) is 0 Å². The molecule has 0 unspecified atom stereocenters. The molecule has 1 fully saturated rings. The van der Waals surface area contributed by atoms with Crippen molar-refractivity contribution in [2.45, 2.75) is 6.42 Å². The topological polar surface area (TPSA) is 58.8 Å². The van der Waals surface area contributed by atoms with Gasteiger partial charge in [0.1, 0.15) is 5.75 Å². The second-order valence-corrected chi connectivity index (χ2v) is 7.46. The van der Waals surface area contributed by atoms with Crippen molar-refractivity contribution in [3.63, 3.8) is 0 Å². The quantitative estimate of drug-likeness (QED) is 0.513. The maximum Gasteiger partial charge on any atom is 0.225 e. The Morgan fingerprint density at radius 3 is 2.30 bits per heavy atom. The summed E-state index contributed by atoms with van der Waals surface area (Å²) < 4.78 is 7.16. The Labute approximate surface area is 175 Å². The van der Waals surface area contributed by atoms with E-state index in [9.17, 15) is 0 Å². The van der Waals surface area contributed by atoms with Crippen LogP contribution in [0.2, 0.25) is 0 Å². The third kappa shape index (κ3) is 3.66. The highest BCUT2D eigenvalue weighted by Gasteiger charge is 2.21. The predicted molar refractivity (Wildman–Crippen MR) is 117 cm³/mol. The van der Waals surface area contributed by atoms with E-state index in [1.807, 2.05) is 41.4 Å². The van der Waals surface area contributed by atoms with E-state index < -0.39 is 0 Å². The summed E-state index contributed by atoms with van der Waals surface area (Å²) in [6.07, 6.45) is 8.58. The van der Waals surface area contributed by atoms with E-state index in [-0.39, 0.29) is 0 Å². The first-order chi connectivity index (χ1) is 14.8. The molecule has 0 saturated carbocycles. The number of fused-ring (bicyclic) bond motifs is 1. The molecule has 0 aliphatic carbocycles. The van der Waals surface area contributed by atoms with Crippen molar-refractivity contribution in [3.05, 3.63) is 78.4 Å². The molecule has 3 aromatic heterocycles. The Hall–Kier alpha value is -3.61. The van der Waals surface area contributed by atoms with E-state index >= 15 is 0 Å². The first-order valence-electron chi connectivity index (χ1n) is 10.2. The fourth-order valence-corrected chi connectivity index (χ4v) is 3.90. The minimum atomic E-state index is 0.801. The van der Waals surface area contributed by atoms with Gasteiger partial charge in [-0.2, -0.15) is 5.10 Å². The third-order valence-electron chi connectivity index (χ3n) is 5.55. The zero-order chi connectivity index (χ0) is 20.3. The van der Waals surface area contributed by atoms with Crippen molar-refractivity contribution in [1.29, 1.82) is 0 Å². The van der Waals surface area contributed by atoms with Crippen molar-refractivity contribution < 1.29 is 4.74 Å². The standard InChI is InChI=1S/C23H24N6O/c1-30-20-7-8-21-22(16-26-29(21)17-20)27-9-11-28(12-10-27)23-24-14-19(15-25-23)13-18-5-3-2-4-6-18/h2-8,14-17H,9-13H2,1H3. The average molecular weight is 400 g/mol. The molecule has 1 aromatic carbocycles. The van der Waals surface area contributed by atoms with Crippen LogP contribution < -0.4 is 14.5 Å². The molecule has 0 amide bonds. The van der Waals surface area contributed by atoms with Crippen LogP contribution in [0.4, 0.5) is 11.6 Å². The number of methoxy groups -OCH3 is 1. The van der Waals surface area contributed by atoms with Crippen LogP contribution in [0, 0.1) is 0 Å². The van der Waals surface area contributed by atoms with Gasteiger partial charge in [-0.1, -0.05) is 30.3 Å². The molecule has 4 heterocycles. The number of anilines is 2. The van der Waals surface area contributed by atoms with E-state index in [0.717, 1.165) is 61.1 Å². The predicted octanol–water partition coefficient (Wildman–Crippen LogP) is 3.05. The molecule has 0 spiro atoms. The largest absolute Gasteiger partial charge is 0.495 e. The molecule has 1 saturated heterocycles. The van der Waals surface area contributed by atoms with Gasteiger partial charge >= 0.3 is 0 Å². The van der Waals surface area contributed by atoms with Crippen LogP contribution in [-0.4, -0.2) is 52.9 Å². The van der Waals surface area contributed by atoms with Crippen molar-refractivity contribution >= 4 is 17.2 Å². The Kier molecular flexibility index (Phi) is 4.93. The smallest absolute Gasteiger partial charge is 0.225 e. The zero-order valence-corrected chi connectivity index (χ0v) is 17.0. The molecular weight excluding hydrogens is 376 g/mol. The average Bonchev–Trinajstić information content (AvgIpc) is 3.23. The van der Waals surface area contributed by atoms with Crippen molar-refractivity contribution in [1.82, 2.24) is 19.6 Å². The van der Waals surface area contributed by atoms with Crippen LogP contribution in [0.15, 0.2) is 67.3 Å². The molecular formula is C23H24N6O. The van der Waals surface area contributed by atoms with E-state index in [0.29, 0.717) is 0 Å². The summed E-state index contributed by atoms with van der Waals surface area (Å²) in [5.74, 6) is 1.60. The van der Waals surface area contributed by atoms with Crippen LogP contribution >= 0.6 is 0 Å². The molecule has 0 radical (unpaired) electrons. The van der Waals surface area contributed by atoms with Crippen LogP contribution in [0.3, 0.4) is 0 Å². The molecule has 1 aliphatic heterocycles. The highest BCUT2D eigenvalue weighted by atomic mass is 16.5. The number of benzene rings is 1. The van der Waals surface area contributed by atoms with Gasteiger partial charge in [-0.25, -0.2) is 14.5 Å². The number of aromatic nitrogens is 4. The maximum absolute atomic E-state index is 5.29. The number of hydrogen-bond donors (Lipinski definition) is 0. The van der Waals surface area contributed by atoms with Crippen LogP contribution in [-0.2, 0) is 6.42 Å². The monoisotopic (exact) mass is 400 g/mol. The van der Waals surface area contributed by atoms with Crippen molar-refractivity contribution in [2.75, 3.05) is 43.1 Å². The molecule has 7 heteroatoms. The second-order valence-electron chi connectivity index (χ2n) is 7.46. The molecule has 0 atom stereocenters. The second kappa shape index (κ2) is 8.02. The van der Waals surface area contributed by atoms with Gasteiger partial charge in [-0.3, -0.25) is 0 Å². The SMILES string of the molecule is COc1ccc2c(N3CCN(c4ncc(Cc5ccccc5)cn4)CC3)cnn2c1. The highest BCUT2D eigenvalue weighted by Crippen LogP contribution is 2.25. The van der Waals surface area contributed by atoms with Gasteiger partial charge in [0.05, 0.1) is 30.7 Å². The van der Waals surface area contributed by atoms with E-state index in [4.69, 9.17) is 4.74 Å². The number of nitrogens with zero attached hydrogens (tertiary/aromatic N) is 6. The number of rotatable bonds is 5. The molecule has 30 heavy (non-hydrogen) atoms. The fourth-order valence-electron chi connectivity index (χ4n) is 3.90. The number of piperazine rings is 1. The van der Waals surface area contributed by atoms with Gasteiger partial charge in [0.25, 0.3) is 0 Å². The van der Waals surface area contributed by atoms with Crippen molar-refractivity contribution in [3.8, 4) is 5.75 Å². The summed E-state index contributed by atoms with van der Waals surface area (Å²) in [6.45, 7) is 3.57. The van der Waals surface area contributed by atoms with Gasteiger partial charge in [0, 0.05) is 45.0 Å². The van der Waals surface area contributed by atoms with Gasteiger partial charge in [0.15, 0.2) is 0 Å². The van der Waals surface area contributed by atoms with Crippen LogP contribution in [0.5, 0.6) is 5.75 Å². The number of pyridine rings is 1. The number of ether oxygens (including phenoxy) is 1. The molecule has 0 N–H and O–H groups in total. The highest BCUT2D eigenvalue weighted by molar-refractivity contribution is 5.73. The maximum atomic E-state index is 5.29. The van der Waals surface area contributed by atoms with Gasteiger partial charge < -0.3 is 14.5 Å². The van der Waals surface area contributed by atoms with Crippen LogP contribution in [0.1, 0.15) is 11.1 Å². The van der Waals surface area contributed by atoms with E-state index in [1.165, 1.54) is 5.56 Å². The molecule has 152 valence electrons. The summed E-state index contributed by atoms with van der Waals surface area (Å²) in [5.41, 5.74) is 4.64. The Morgan fingerprint density at radius 2 is 1.57 bits per heavy atom. The third-order valence-corrected chi connectivity index (χ3v) is 5.55. The zero-order valence-electron chi connectivity index (χ0n) is 17.0. The molecule has 4 aromatic rings. The number of hydrogen-bond acceptors (Lipinski definition) is 6. The molecule has 1 aliphatic rings. The first kappa shape index (κ1) is 18.4. The molecule has 7 nitrogen and oxygen atoms in total. The molecule has 5 rings (SSSR count). The first-order valence-corrected chi connectivity index (χ1v) is 10.2.